The van der Waals surface area contributed by atoms with E-state index < -0.39 is 139 Å². The summed E-state index contributed by atoms with van der Waals surface area (Å²) in [6.07, 6.45) is -12.4. The van der Waals surface area contributed by atoms with Gasteiger partial charge in [-0.1, -0.05) is 41.5 Å². The van der Waals surface area contributed by atoms with Crippen LogP contribution in [0, 0.1) is 41.4 Å². The highest BCUT2D eigenvalue weighted by Gasteiger charge is 2.52. The molecule has 58 heavy (non-hydrogen) atoms. The SMILES string of the molecule is CO[C@@H]1[C@H](O[C@H]2[C@@H](C)[C@@H](O[C@@H]3O[C@H](C)C[C@H](O)[C@@H]3O)[C@@H](C)C(=O)O[C@@H]([C@H](C)[C@H](C)O)[C@@H](C)[C@@H](OC(C)=O)[C@@H](C)C(=O)[C@@](C)(OC)C[C@H]2C)O[C@H](C)[C@@H](OC(C)=O)[C@H]1C. The van der Waals surface area contributed by atoms with Crippen LogP contribution in [-0.4, -0.2) is 139 Å². The van der Waals surface area contributed by atoms with Crippen LogP contribution in [0.3, 0.4) is 0 Å². The molecule has 3 aliphatic rings. The fourth-order valence-electron chi connectivity index (χ4n) is 9.20. The molecule has 3 aliphatic heterocycles. The molecule has 0 aromatic heterocycles. The van der Waals surface area contributed by atoms with Crippen LogP contribution in [0.25, 0.3) is 0 Å². The highest BCUT2D eigenvalue weighted by atomic mass is 16.7. The molecule has 3 rings (SSSR count). The van der Waals surface area contributed by atoms with Gasteiger partial charge in [0.15, 0.2) is 18.4 Å². The zero-order valence-corrected chi connectivity index (χ0v) is 37.1. The second kappa shape index (κ2) is 21.0. The Morgan fingerprint density at radius 2 is 1.31 bits per heavy atom. The van der Waals surface area contributed by atoms with Crippen LogP contribution >= 0.6 is 0 Å². The molecule has 336 valence electrons. The van der Waals surface area contributed by atoms with E-state index in [-0.39, 0.29) is 24.5 Å². The average molecular weight is 833 g/mol. The third kappa shape index (κ3) is 11.5. The molecule has 0 spiro atoms. The molecular weight excluding hydrogens is 760 g/mol. The van der Waals surface area contributed by atoms with Crippen LogP contribution < -0.4 is 0 Å². The summed E-state index contributed by atoms with van der Waals surface area (Å²) in [6, 6.07) is 0. The molecule has 0 aliphatic carbocycles. The third-order valence-corrected chi connectivity index (χ3v) is 12.8. The lowest BCUT2D eigenvalue weighted by atomic mass is 9.73. The average Bonchev–Trinajstić information content (AvgIpc) is 3.14. The summed E-state index contributed by atoms with van der Waals surface area (Å²) in [5, 5.41) is 32.7. The minimum absolute atomic E-state index is 0.0752. The lowest BCUT2D eigenvalue weighted by molar-refractivity contribution is -0.319. The van der Waals surface area contributed by atoms with E-state index in [9.17, 15) is 34.5 Å². The van der Waals surface area contributed by atoms with Crippen molar-refractivity contribution in [3.05, 3.63) is 0 Å². The Morgan fingerprint density at radius 3 is 1.84 bits per heavy atom. The second-order valence-corrected chi connectivity index (χ2v) is 17.5. The molecule has 21 atom stereocenters. The number of aliphatic hydroxyl groups excluding tert-OH is 3. The molecule has 0 unspecified atom stereocenters. The van der Waals surface area contributed by atoms with E-state index in [0.29, 0.717) is 0 Å². The molecule has 0 aromatic carbocycles. The van der Waals surface area contributed by atoms with Gasteiger partial charge in [0.25, 0.3) is 0 Å². The van der Waals surface area contributed by atoms with Crippen molar-refractivity contribution in [1.29, 1.82) is 0 Å². The number of ether oxygens (including phenoxy) is 9. The minimum Gasteiger partial charge on any atom is -0.461 e. The van der Waals surface area contributed by atoms with E-state index in [2.05, 4.69) is 0 Å². The lowest BCUT2D eigenvalue weighted by Crippen LogP contribution is -2.58. The highest BCUT2D eigenvalue weighted by Crippen LogP contribution is 2.41. The number of rotatable bonds is 10. The van der Waals surface area contributed by atoms with Crippen LogP contribution in [0.4, 0.5) is 0 Å². The maximum absolute atomic E-state index is 14.7. The van der Waals surface area contributed by atoms with Crippen molar-refractivity contribution in [1.82, 2.24) is 0 Å². The predicted molar refractivity (Wildman–Crippen MR) is 208 cm³/mol. The first-order chi connectivity index (χ1) is 26.9. The molecule has 0 bridgehead atoms. The van der Waals surface area contributed by atoms with Crippen molar-refractivity contribution < 1.29 is 77.1 Å². The zero-order valence-electron chi connectivity index (χ0n) is 37.1. The summed E-state index contributed by atoms with van der Waals surface area (Å²) >= 11 is 0. The fourth-order valence-corrected chi connectivity index (χ4v) is 9.20. The molecule has 0 amide bonds. The molecule has 0 saturated carbocycles. The molecule has 16 heteroatoms. The van der Waals surface area contributed by atoms with Crippen molar-refractivity contribution in [2.75, 3.05) is 14.2 Å². The third-order valence-electron chi connectivity index (χ3n) is 12.8. The first-order valence-electron chi connectivity index (χ1n) is 20.7. The largest absolute Gasteiger partial charge is 0.461 e. The van der Waals surface area contributed by atoms with Gasteiger partial charge in [0, 0.05) is 58.2 Å². The fraction of sp³-hybridized carbons (Fsp3) is 0.905. The molecule has 16 nitrogen and oxygen atoms in total. The minimum atomic E-state index is -1.47. The van der Waals surface area contributed by atoms with Crippen molar-refractivity contribution >= 4 is 23.7 Å². The number of esters is 3. The molecular formula is C42H72O16. The standard InChI is InChI=1S/C42H72O16/c1-18-17-42(13,51-15)38(48)24(7)34(54-28(11)44)22(5)33(20(3)26(9)43)56-39(49)25(8)35(58-40-31(47)30(46)16-19(2)52-40)21(4)32(18)57-41-37(50-14)23(6)36(27(10)53-41)55-29(12)45/h18-27,30-37,40-41,43,46-47H,16-17H2,1-15H3/t18-,19-,20-,21-,22-,23-,24-,25-,26+,27-,30+,31+,32-,33+,34-,35-,36+,37+,40+,41+,42+/m1/s1. The number of cyclic esters (lactones) is 1. The Bertz CT molecular complexity index is 1380. The first-order valence-corrected chi connectivity index (χ1v) is 20.7. The summed E-state index contributed by atoms with van der Waals surface area (Å²) in [5.41, 5.74) is -1.47. The Labute approximate surface area is 344 Å². The van der Waals surface area contributed by atoms with E-state index in [1.165, 1.54) is 28.1 Å². The number of Topliss-reactive ketones (excluding diaryl/α,β-unsaturated/α-hetero) is 1. The van der Waals surface area contributed by atoms with Gasteiger partial charge >= 0.3 is 17.9 Å². The van der Waals surface area contributed by atoms with E-state index in [4.69, 9.17) is 42.6 Å². The molecule has 3 fully saturated rings. The van der Waals surface area contributed by atoms with Gasteiger partial charge in [-0.2, -0.15) is 0 Å². The smallest absolute Gasteiger partial charge is 0.311 e. The van der Waals surface area contributed by atoms with Crippen molar-refractivity contribution in [2.24, 2.45) is 41.4 Å². The molecule has 0 radical (unpaired) electrons. The van der Waals surface area contributed by atoms with Crippen LogP contribution in [0.1, 0.15) is 103 Å². The van der Waals surface area contributed by atoms with Gasteiger partial charge in [-0.3, -0.25) is 19.2 Å². The van der Waals surface area contributed by atoms with E-state index in [1.54, 1.807) is 62.3 Å². The first kappa shape index (κ1) is 50.1. The van der Waals surface area contributed by atoms with Crippen LogP contribution in [-0.2, 0) is 61.8 Å². The summed E-state index contributed by atoms with van der Waals surface area (Å²) in [6.45, 7) is 21.5. The zero-order chi connectivity index (χ0) is 44.1. The van der Waals surface area contributed by atoms with Gasteiger partial charge in [0.05, 0.1) is 48.5 Å². The van der Waals surface area contributed by atoms with E-state index >= 15 is 0 Å². The number of carbonyl (C=O) groups is 4. The van der Waals surface area contributed by atoms with Gasteiger partial charge in [0.2, 0.25) is 0 Å². The topological polar surface area (TPSA) is 212 Å². The van der Waals surface area contributed by atoms with E-state index in [0.717, 1.165) is 0 Å². The molecule has 0 aromatic rings. The number of hydrogen-bond acceptors (Lipinski definition) is 16. The number of carbonyl (C=O) groups excluding carboxylic acids is 4. The maximum atomic E-state index is 14.7. The highest BCUT2D eigenvalue weighted by molar-refractivity contribution is 5.89. The number of ketones is 1. The Hall–Kier alpha value is -2.28. The van der Waals surface area contributed by atoms with Crippen LogP contribution in [0.5, 0.6) is 0 Å². The van der Waals surface area contributed by atoms with Gasteiger partial charge in [-0.25, -0.2) is 0 Å². The molecule has 3 saturated heterocycles. The normalized spacial score (nSPS) is 44.7. The van der Waals surface area contributed by atoms with Gasteiger partial charge < -0.3 is 58.0 Å². The second-order valence-electron chi connectivity index (χ2n) is 17.5. The van der Waals surface area contributed by atoms with Crippen molar-refractivity contribution in [3.8, 4) is 0 Å². The monoisotopic (exact) mass is 832 g/mol. The summed E-state index contributed by atoms with van der Waals surface area (Å²) in [4.78, 5) is 53.8. The molecule has 3 heterocycles. The van der Waals surface area contributed by atoms with Crippen LogP contribution in [0.2, 0.25) is 0 Å². The lowest BCUT2D eigenvalue weighted by Gasteiger charge is -2.47. The van der Waals surface area contributed by atoms with Crippen LogP contribution in [0.15, 0.2) is 0 Å². The van der Waals surface area contributed by atoms with Gasteiger partial charge in [0.1, 0.15) is 36.1 Å². The predicted octanol–water partition coefficient (Wildman–Crippen LogP) is 3.36. The van der Waals surface area contributed by atoms with Crippen molar-refractivity contribution in [3.63, 3.8) is 0 Å². The van der Waals surface area contributed by atoms with E-state index in [1.807, 2.05) is 13.8 Å². The van der Waals surface area contributed by atoms with Gasteiger partial charge in [-0.05, 0) is 47.0 Å². The number of aliphatic hydroxyl groups is 3. The summed E-state index contributed by atoms with van der Waals surface area (Å²) in [7, 11) is 2.92. The summed E-state index contributed by atoms with van der Waals surface area (Å²) in [5.74, 6) is -7.45. The quantitative estimate of drug-likeness (QED) is 0.213. The van der Waals surface area contributed by atoms with Gasteiger partial charge in [-0.15, -0.1) is 0 Å². The maximum Gasteiger partial charge on any atom is 0.311 e. The Morgan fingerprint density at radius 1 is 0.759 bits per heavy atom. The molecule has 3 N–H and O–H groups in total. The van der Waals surface area contributed by atoms with Crippen molar-refractivity contribution in [2.45, 2.75) is 188 Å². The summed E-state index contributed by atoms with van der Waals surface area (Å²) < 4.78 is 55.5. The number of hydrogen-bond donors (Lipinski definition) is 3. The Balaban J connectivity index is 2.28. The number of methoxy groups -OCH3 is 2. The Kier molecular flexibility index (Phi) is 18.1.